The third kappa shape index (κ3) is 5.21. The molecule has 0 radical (unpaired) electrons. The SMILES string of the molecule is COC/C=C/C(=O)N1CCC[C@H]1c1nc(-c2ccc(C(=O)Nc3cc(OC)ccn3)c(F)c2)c2c(N)nccn12. The number of likely N-dealkylation sites (tertiary alicyclic amines) is 1. The predicted molar refractivity (Wildman–Crippen MR) is 146 cm³/mol. The second kappa shape index (κ2) is 11.5. The summed E-state index contributed by atoms with van der Waals surface area (Å²) in [6, 6.07) is 7.06. The first-order chi connectivity index (χ1) is 19.4. The van der Waals surface area contributed by atoms with Crippen molar-refractivity contribution in [3.8, 4) is 17.0 Å². The number of fused-ring (bicyclic) bond motifs is 1. The van der Waals surface area contributed by atoms with Crippen LogP contribution in [0.1, 0.15) is 35.1 Å². The third-order valence-electron chi connectivity index (χ3n) is 6.66. The number of aromatic nitrogens is 4. The second-order valence-electron chi connectivity index (χ2n) is 9.13. The molecule has 12 heteroatoms. The van der Waals surface area contributed by atoms with Crippen LogP contribution in [0, 0.1) is 5.82 Å². The van der Waals surface area contributed by atoms with Crippen molar-refractivity contribution in [1.82, 2.24) is 24.3 Å². The molecule has 1 saturated heterocycles. The normalized spacial score (nSPS) is 15.2. The molecule has 11 nitrogen and oxygen atoms in total. The van der Waals surface area contributed by atoms with E-state index in [4.69, 9.17) is 20.2 Å². The number of anilines is 2. The topological polar surface area (TPSA) is 137 Å². The van der Waals surface area contributed by atoms with Gasteiger partial charge in [-0.3, -0.25) is 14.0 Å². The highest BCUT2D eigenvalue weighted by molar-refractivity contribution is 6.04. The molecule has 5 rings (SSSR count). The van der Waals surface area contributed by atoms with Crippen molar-refractivity contribution >= 4 is 29.0 Å². The lowest BCUT2D eigenvalue weighted by atomic mass is 10.1. The molecule has 0 aliphatic carbocycles. The van der Waals surface area contributed by atoms with Crippen LogP contribution >= 0.6 is 0 Å². The highest BCUT2D eigenvalue weighted by Crippen LogP contribution is 2.37. The van der Waals surface area contributed by atoms with E-state index in [1.165, 1.54) is 37.6 Å². The Hall–Kier alpha value is -4.84. The van der Waals surface area contributed by atoms with Gasteiger partial charge < -0.3 is 25.4 Å². The maximum absolute atomic E-state index is 15.3. The van der Waals surface area contributed by atoms with Gasteiger partial charge in [-0.15, -0.1) is 0 Å². The van der Waals surface area contributed by atoms with E-state index in [9.17, 15) is 9.59 Å². The third-order valence-corrected chi connectivity index (χ3v) is 6.66. The van der Waals surface area contributed by atoms with Crippen LogP contribution in [-0.4, -0.2) is 63.4 Å². The summed E-state index contributed by atoms with van der Waals surface area (Å²) >= 11 is 0. The Balaban J connectivity index is 1.48. The Kier molecular flexibility index (Phi) is 7.69. The van der Waals surface area contributed by atoms with Gasteiger partial charge in [-0.25, -0.2) is 19.3 Å². The molecule has 0 unspecified atom stereocenters. The van der Waals surface area contributed by atoms with Crippen molar-refractivity contribution in [2.75, 3.05) is 38.4 Å². The molecular formula is C28H28FN7O4. The molecule has 206 valence electrons. The highest BCUT2D eigenvalue weighted by Gasteiger charge is 2.33. The number of nitrogens with two attached hydrogens (primary N) is 1. The molecule has 0 bridgehead atoms. The van der Waals surface area contributed by atoms with Gasteiger partial charge in [0.1, 0.15) is 40.2 Å². The van der Waals surface area contributed by atoms with Crippen LogP contribution in [-0.2, 0) is 9.53 Å². The number of benzene rings is 1. The summed E-state index contributed by atoms with van der Waals surface area (Å²) in [7, 11) is 3.05. The fraction of sp³-hybridized carbons (Fsp3) is 0.250. The van der Waals surface area contributed by atoms with Crippen molar-refractivity contribution in [3.05, 3.63) is 78.3 Å². The van der Waals surface area contributed by atoms with Crippen LogP contribution in [0.2, 0.25) is 0 Å². The summed E-state index contributed by atoms with van der Waals surface area (Å²) in [5, 5.41) is 2.58. The van der Waals surface area contributed by atoms with E-state index in [0.717, 1.165) is 6.42 Å². The second-order valence-corrected chi connectivity index (χ2v) is 9.13. The number of ether oxygens (including phenoxy) is 2. The number of methoxy groups -OCH3 is 2. The number of pyridine rings is 1. The smallest absolute Gasteiger partial charge is 0.259 e. The molecule has 1 fully saturated rings. The summed E-state index contributed by atoms with van der Waals surface area (Å²) in [5.74, 6) is -0.0267. The van der Waals surface area contributed by atoms with E-state index in [2.05, 4.69) is 15.3 Å². The summed E-state index contributed by atoms with van der Waals surface area (Å²) in [6.07, 6.45) is 9.42. The molecule has 1 aromatic carbocycles. The van der Waals surface area contributed by atoms with E-state index in [1.807, 2.05) is 0 Å². The van der Waals surface area contributed by atoms with E-state index in [-0.39, 0.29) is 29.1 Å². The van der Waals surface area contributed by atoms with Gasteiger partial charge in [0.2, 0.25) is 5.91 Å². The van der Waals surface area contributed by atoms with Gasteiger partial charge in [0.25, 0.3) is 5.91 Å². The summed E-state index contributed by atoms with van der Waals surface area (Å²) < 4.78 is 27.2. The van der Waals surface area contributed by atoms with Crippen LogP contribution in [0.5, 0.6) is 5.75 Å². The molecule has 3 aromatic heterocycles. The van der Waals surface area contributed by atoms with Crippen LogP contribution in [0.4, 0.5) is 16.0 Å². The maximum atomic E-state index is 15.3. The number of nitrogens with zero attached hydrogens (tertiary/aromatic N) is 5. The number of nitrogen functional groups attached to an aromatic ring is 1. The fourth-order valence-corrected chi connectivity index (χ4v) is 4.80. The number of hydrogen-bond acceptors (Lipinski definition) is 8. The summed E-state index contributed by atoms with van der Waals surface area (Å²) in [5.41, 5.74) is 7.39. The van der Waals surface area contributed by atoms with Gasteiger partial charge in [-0.05, 0) is 31.0 Å². The maximum Gasteiger partial charge on any atom is 0.259 e. The molecule has 0 spiro atoms. The van der Waals surface area contributed by atoms with Gasteiger partial charge in [0.05, 0.1) is 25.3 Å². The summed E-state index contributed by atoms with van der Waals surface area (Å²) in [4.78, 5) is 40.6. The average Bonchev–Trinajstić information content (AvgIpc) is 3.59. The zero-order valence-corrected chi connectivity index (χ0v) is 22.0. The molecular weight excluding hydrogens is 517 g/mol. The van der Waals surface area contributed by atoms with Gasteiger partial charge >= 0.3 is 0 Å². The Morgan fingerprint density at radius 2 is 2.05 bits per heavy atom. The van der Waals surface area contributed by atoms with Crippen molar-refractivity contribution < 1.29 is 23.5 Å². The first-order valence-electron chi connectivity index (χ1n) is 12.6. The van der Waals surface area contributed by atoms with Crippen LogP contribution < -0.4 is 15.8 Å². The Bertz CT molecular complexity index is 1600. The predicted octanol–water partition coefficient (Wildman–Crippen LogP) is 3.64. The van der Waals surface area contributed by atoms with Crippen molar-refractivity contribution in [1.29, 1.82) is 0 Å². The number of amides is 2. The Morgan fingerprint density at radius 3 is 2.83 bits per heavy atom. The number of hydrogen-bond donors (Lipinski definition) is 2. The van der Waals surface area contributed by atoms with Crippen molar-refractivity contribution in [3.63, 3.8) is 0 Å². The Morgan fingerprint density at radius 1 is 1.20 bits per heavy atom. The lowest BCUT2D eigenvalue weighted by molar-refractivity contribution is -0.127. The number of imidazole rings is 1. The molecule has 4 aromatic rings. The van der Waals surface area contributed by atoms with Crippen LogP contribution in [0.15, 0.2) is 61.1 Å². The van der Waals surface area contributed by atoms with E-state index in [1.54, 1.807) is 47.0 Å². The molecule has 3 N–H and O–H groups in total. The lowest BCUT2D eigenvalue weighted by Crippen LogP contribution is -2.30. The molecule has 0 saturated carbocycles. The van der Waals surface area contributed by atoms with Crippen LogP contribution in [0.25, 0.3) is 16.8 Å². The number of carbonyl (C=O) groups excluding carboxylic acids is 2. The van der Waals surface area contributed by atoms with Gasteiger partial charge in [0, 0.05) is 50.0 Å². The zero-order chi connectivity index (χ0) is 28.2. The molecule has 40 heavy (non-hydrogen) atoms. The largest absolute Gasteiger partial charge is 0.497 e. The molecule has 1 atom stereocenters. The number of carbonyl (C=O) groups is 2. The van der Waals surface area contributed by atoms with Crippen molar-refractivity contribution in [2.45, 2.75) is 18.9 Å². The summed E-state index contributed by atoms with van der Waals surface area (Å²) in [6.45, 7) is 0.907. The molecule has 1 aliphatic rings. The van der Waals surface area contributed by atoms with E-state index in [0.29, 0.717) is 47.9 Å². The lowest BCUT2D eigenvalue weighted by Gasteiger charge is -2.22. The number of nitrogens with one attached hydrogen (secondary N) is 1. The minimum atomic E-state index is -0.746. The molecule has 2 amide bonds. The number of rotatable bonds is 8. The minimum absolute atomic E-state index is 0.146. The van der Waals surface area contributed by atoms with E-state index < -0.39 is 11.7 Å². The van der Waals surface area contributed by atoms with E-state index >= 15 is 4.39 Å². The highest BCUT2D eigenvalue weighted by atomic mass is 19.1. The number of halogens is 1. The zero-order valence-electron chi connectivity index (χ0n) is 22.0. The Labute approximate surface area is 229 Å². The van der Waals surface area contributed by atoms with Crippen LogP contribution in [0.3, 0.4) is 0 Å². The molecule has 4 heterocycles. The average molecular weight is 546 g/mol. The van der Waals surface area contributed by atoms with Gasteiger partial charge in [-0.2, -0.15) is 0 Å². The first kappa shape index (κ1) is 26.8. The fourth-order valence-electron chi connectivity index (χ4n) is 4.80. The van der Waals surface area contributed by atoms with Gasteiger partial charge in [-0.1, -0.05) is 12.1 Å². The monoisotopic (exact) mass is 545 g/mol. The standard InChI is InChI=1S/C28H28FN7O4/c1-39-14-4-6-23(37)35-12-3-5-21(35)27-34-24(25-26(30)32-11-13-36(25)27)17-7-8-19(20(29)15-17)28(38)33-22-16-18(40-2)9-10-31-22/h4,6-11,13,15-16,21H,3,5,12,14H2,1-2H3,(H2,30,32)(H,31,33,38)/b6-4+/t21-/m0/s1. The molecule has 1 aliphatic heterocycles. The van der Waals surface area contributed by atoms with Crippen molar-refractivity contribution in [2.24, 2.45) is 0 Å². The first-order valence-corrected chi connectivity index (χ1v) is 12.6. The van der Waals surface area contributed by atoms with Gasteiger partial charge in [0.15, 0.2) is 0 Å². The quantitative estimate of drug-likeness (QED) is 0.320. The minimum Gasteiger partial charge on any atom is -0.497 e.